The minimum absolute atomic E-state index is 0.384. The Balaban J connectivity index is 1.48. The lowest BCUT2D eigenvalue weighted by atomic mass is 10.0. The fourth-order valence-electron chi connectivity index (χ4n) is 3.65. The Hall–Kier alpha value is -2.11. The number of anilines is 1. The van der Waals surface area contributed by atoms with Crippen LogP contribution in [0.15, 0.2) is 24.3 Å². The highest BCUT2D eigenvalue weighted by atomic mass is 35.5. The number of hydrogen-bond donors (Lipinski definition) is 2. The first-order valence-corrected chi connectivity index (χ1v) is 9.42. The first-order chi connectivity index (χ1) is 12.6. The van der Waals surface area contributed by atoms with Gasteiger partial charge in [-0.25, -0.2) is 9.97 Å². The number of benzene rings is 1. The van der Waals surface area contributed by atoms with Gasteiger partial charge in [0.2, 0.25) is 0 Å². The summed E-state index contributed by atoms with van der Waals surface area (Å²) in [7, 11) is 0. The average Bonchev–Trinajstić information content (AvgIpc) is 3.23. The Kier molecular flexibility index (Phi) is 4.83. The summed E-state index contributed by atoms with van der Waals surface area (Å²) in [4.78, 5) is 12.6. The number of aromatic nitrogens is 3. The van der Waals surface area contributed by atoms with Crippen LogP contribution in [0.25, 0.3) is 10.9 Å². The van der Waals surface area contributed by atoms with E-state index < -0.39 is 0 Å². The minimum atomic E-state index is 0.384. The summed E-state index contributed by atoms with van der Waals surface area (Å²) in [6.07, 6.45) is 1.93. The van der Waals surface area contributed by atoms with Crippen molar-refractivity contribution in [3.05, 3.63) is 52.1 Å². The van der Waals surface area contributed by atoms with Crippen LogP contribution in [-0.4, -0.2) is 34.7 Å². The highest BCUT2D eigenvalue weighted by molar-refractivity contribution is 6.31. The number of hydrogen-bond acceptors (Lipinski definition) is 4. The van der Waals surface area contributed by atoms with E-state index in [0.717, 1.165) is 60.5 Å². The van der Waals surface area contributed by atoms with Crippen LogP contribution in [0, 0.1) is 13.8 Å². The van der Waals surface area contributed by atoms with Gasteiger partial charge >= 0.3 is 0 Å². The van der Waals surface area contributed by atoms with Gasteiger partial charge in [-0.15, -0.1) is 0 Å². The number of ether oxygens (including phenoxy) is 1. The quantitative estimate of drug-likeness (QED) is 0.699. The lowest BCUT2D eigenvalue weighted by Gasteiger charge is -2.12. The molecule has 4 rings (SSSR count). The molecule has 0 amide bonds. The minimum Gasteiger partial charge on any atom is -0.381 e. The first-order valence-electron chi connectivity index (χ1n) is 9.04. The molecule has 1 saturated heterocycles. The van der Waals surface area contributed by atoms with Crippen molar-refractivity contribution >= 4 is 28.3 Å². The molecular weight excluding hydrogens is 348 g/mol. The molecule has 0 radical (unpaired) electrons. The predicted octanol–water partition coefficient (Wildman–Crippen LogP) is 4.39. The van der Waals surface area contributed by atoms with Crippen molar-refractivity contribution in [1.29, 1.82) is 0 Å². The molecule has 26 heavy (non-hydrogen) atoms. The monoisotopic (exact) mass is 370 g/mol. The van der Waals surface area contributed by atoms with E-state index in [2.05, 4.69) is 33.3 Å². The molecule has 1 aliphatic rings. The highest BCUT2D eigenvalue weighted by Crippen LogP contribution is 2.27. The molecule has 2 N–H and O–H groups in total. The second kappa shape index (κ2) is 7.25. The number of nitrogens with zero attached hydrogens (tertiary/aromatic N) is 2. The zero-order valence-corrected chi connectivity index (χ0v) is 15.9. The molecule has 3 heterocycles. The van der Waals surface area contributed by atoms with Gasteiger partial charge in [-0.1, -0.05) is 11.6 Å². The molecule has 136 valence electrons. The van der Waals surface area contributed by atoms with E-state index in [1.54, 1.807) is 0 Å². The number of fused-ring (bicyclic) bond motifs is 1. The molecule has 1 aromatic carbocycles. The van der Waals surface area contributed by atoms with Crippen molar-refractivity contribution in [3.8, 4) is 0 Å². The Morgan fingerprint density at radius 2 is 2.15 bits per heavy atom. The van der Waals surface area contributed by atoms with Crippen molar-refractivity contribution in [1.82, 2.24) is 15.0 Å². The van der Waals surface area contributed by atoms with E-state index in [0.29, 0.717) is 5.92 Å². The molecule has 0 unspecified atom stereocenters. The summed E-state index contributed by atoms with van der Waals surface area (Å²) >= 11 is 6.17. The molecule has 0 saturated carbocycles. The molecule has 2 aromatic heterocycles. The van der Waals surface area contributed by atoms with Crippen LogP contribution in [0.1, 0.15) is 35.1 Å². The smallest absolute Gasteiger partial charge is 0.129 e. The molecule has 6 heteroatoms. The number of aromatic amines is 1. The van der Waals surface area contributed by atoms with Gasteiger partial charge < -0.3 is 15.0 Å². The van der Waals surface area contributed by atoms with E-state index in [9.17, 15) is 0 Å². The van der Waals surface area contributed by atoms with Crippen LogP contribution in [0.4, 0.5) is 5.82 Å². The number of rotatable bonds is 5. The van der Waals surface area contributed by atoms with Crippen LogP contribution >= 0.6 is 11.6 Å². The number of aryl methyl sites for hydroxylation is 2. The van der Waals surface area contributed by atoms with Gasteiger partial charge in [-0.2, -0.15) is 0 Å². The second-order valence-electron chi connectivity index (χ2n) is 6.88. The van der Waals surface area contributed by atoms with Gasteiger partial charge in [0.05, 0.1) is 12.3 Å². The van der Waals surface area contributed by atoms with E-state index in [1.807, 2.05) is 25.1 Å². The average molecular weight is 371 g/mol. The summed E-state index contributed by atoms with van der Waals surface area (Å²) in [5, 5.41) is 5.41. The summed E-state index contributed by atoms with van der Waals surface area (Å²) < 4.78 is 5.49. The Morgan fingerprint density at radius 1 is 1.27 bits per heavy atom. The van der Waals surface area contributed by atoms with Crippen LogP contribution in [0.2, 0.25) is 5.02 Å². The molecule has 1 atom stereocenters. The third-order valence-corrected chi connectivity index (χ3v) is 5.20. The van der Waals surface area contributed by atoms with Crippen molar-refractivity contribution in [2.24, 2.45) is 0 Å². The predicted molar refractivity (Wildman–Crippen MR) is 105 cm³/mol. The summed E-state index contributed by atoms with van der Waals surface area (Å²) in [6, 6.07) is 8.04. The molecule has 0 spiro atoms. The van der Waals surface area contributed by atoms with E-state index in [-0.39, 0.29) is 0 Å². The Labute approximate surface area is 158 Å². The fraction of sp³-hybridized carbons (Fsp3) is 0.400. The molecule has 3 aromatic rings. The van der Waals surface area contributed by atoms with Gasteiger partial charge in [0.1, 0.15) is 11.6 Å². The fourth-order valence-corrected chi connectivity index (χ4v) is 3.82. The third-order valence-electron chi connectivity index (χ3n) is 4.97. The zero-order valence-electron chi connectivity index (χ0n) is 15.1. The van der Waals surface area contributed by atoms with E-state index in [4.69, 9.17) is 16.3 Å². The lowest BCUT2D eigenvalue weighted by Crippen LogP contribution is -2.10. The second-order valence-corrected chi connectivity index (χ2v) is 7.32. The topological polar surface area (TPSA) is 62.8 Å². The first kappa shape index (κ1) is 17.3. The van der Waals surface area contributed by atoms with Gasteiger partial charge in [-0.3, -0.25) is 0 Å². The molecule has 5 nitrogen and oxygen atoms in total. The number of halogens is 1. The number of H-pyrrole nitrogens is 1. The molecule has 1 fully saturated rings. The van der Waals surface area contributed by atoms with Crippen LogP contribution in [-0.2, 0) is 11.2 Å². The van der Waals surface area contributed by atoms with Crippen molar-refractivity contribution in [2.45, 2.75) is 32.6 Å². The van der Waals surface area contributed by atoms with E-state index >= 15 is 0 Å². The lowest BCUT2D eigenvalue weighted by molar-refractivity contribution is 0.193. The van der Waals surface area contributed by atoms with Crippen LogP contribution in [0.3, 0.4) is 0 Å². The van der Waals surface area contributed by atoms with Gasteiger partial charge in [0.25, 0.3) is 0 Å². The van der Waals surface area contributed by atoms with Crippen molar-refractivity contribution < 1.29 is 4.74 Å². The van der Waals surface area contributed by atoms with Crippen LogP contribution in [0.5, 0.6) is 0 Å². The van der Waals surface area contributed by atoms with Crippen LogP contribution < -0.4 is 5.32 Å². The standard InChI is InChI=1S/C20H23ClN4O/c1-12-16(17-9-15(21)3-4-18(17)23-12)5-7-22-20-10-19(24-13(2)25-20)14-6-8-26-11-14/h3-4,9-10,14,23H,5-8,11H2,1-2H3,(H,22,24,25)/t14-/m0/s1. The Bertz CT molecular complexity index is 931. The summed E-state index contributed by atoms with van der Waals surface area (Å²) in [6.45, 7) is 6.42. The van der Waals surface area contributed by atoms with Crippen molar-refractivity contribution in [3.63, 3.8) is 0 Å². The maximum Gasteiger partial charge on any atom is 0.129 e. The molecule has 0 bridgehead atoms. The zero-order chi connectivity index (χ0) is 18.1. The van der Waals surface area contributed by atoms with Gasteiger partial charge in [-0.05, 0) is 50.5 Å². The maximum atomic E-state index is 6.17. The SMILES string of the molecule is Cc1nc(NCCc2c(C)[nH]c3ccc(Cl)cc23)cc([C@H]2CCOC2)n1. The van der Waals surface area contributed by atoms with E-state index in [1.165, 1.54) is 16.6 Å². The summed E-state index contributed by atoms with van der Waals surface area (Å²) in [5.41, 5.74) is 4.69. The summed E-state index contributed by atoms with van der Waals surface area (Å²) in [5.74, 6) is 2.07. The molecule has 1 aliphatic heterocycles. The maximum absolute atomic E-state index is 6.17. The molecule has 0 aliphatic carbocycles. The normalized spacial score (nSPS) is 17.1. The third kappa shape index (κ3) is 3.55. The highest BCUT2D eigenvalue weighted by Gasteiger charge is 2.20. The number of nitrogens with one attached hydrogen (secondary N) is 2. The molecular formula is C20H23ClN4O. The Morgan fingerprint density at radius 3 is 2.96 bits per heavy atom. The van der Waals surface area contributed by atoms with Gasteiger partial charge in [0.15, 0.2) is 0 Å². The van der Waals surface area contributed by atoms with Crippen molar-refractivity contribution in [2.75, 3.05) is 25.1 Å². The van der Waals surface area contributed by atoms with Gasteiger partial charge in [0, 0.05) is 46.8 Å². The largest absolute Gasteiger partial charge is 0.381 e.